The molecule has 0 aromatic rings. The van der Waals surface area contributed by atoms with Gasteiger partial charge in [-0.05, 0) is 52.8 Å². The summed E-state index contributed by atoms with van der Waals surface area (Å²) in [6.07, 6.45) is 2.98. The van der Waals surface area contributed by atoms with E-state index in [1.165, 1.54) is 0 Å². The summed E-state index contributed by atoms with van der Waals surface area (Å²) in [5, 5.41) is 10.9. The Morgan fingerprint density at radius 1 is 1.22 bits per heavy atom. The maximum absolute atomic E-state index is 11.2. The van der Waals surface area contributed by atoms with Crippen molar-refractivity contribution in [1.29, 1.82) is 0 Å². The van der Waals surface area contributed by atoms with E-state index in [-0.39, 0.29) is 41.6 Å². The molecule has 1 saturated heterocycles. The summed E-state index contributed by atoms with van der Waals surface area (Å²) in [5.74, 6) is -0.114. The summed E-state index contributed by atoms with van der Waals surface area (Å²) in [5.41, 5.74) is 4.34. The number of aldehydes is 1. The fourth-order valence-electron chi connectivity index (χ4n) is 3.67. The van der Waals surface area contributed by atoms with Gasteiger partial charge >= 0.3 is 7.12 Å². The van der Waals surface area contributed by atoms with Gasteiger partial charge in [-0.1, -0.05) is 6.42 Å². The van der Waals surface area contributed by atoms with Gasteiger partial charge in [-0.15, -0.1) is 0 Å². The average molecular weight is 326 g/mol. The van der Waals surface area contributed by atoms with Gasteiger partial charge in [0.05, 0.1) is 16.7 Å². The number of carbonyl (C=O) groups is 1. The van der Waals surface area contributed by atoms with Gasteiger partial charge in [0.15, 0.2) is 0 Å². The lowest BCUT2D eigenvalue weighted by atomic mass is 9.77. The molecule has 0 unspecified atom stereocenters. The molecule has 0 radical (unpaired) electrons. The van der Waals surface area contributed by atoms with Crippen LogP contribution in [0.1, 0.15) is 47.0 Å². The molecular weight excluding hydrogens is 299 g/mol. The van der Waals surface area contributed by atoms with Gasteiger partial charge in [-0.2, -0.15) is 0 Å². The van der Waals surface area contributed by atoms with Crippen molar-refractivity contribution in [2.45, 2.75) is 70.0 Å². The number of rotatable bonds is 6. The molecule has 2 N–H and O–H groups in total. The van der Waals surface area contributed by atoms with Crippen LogP contribution >= 0.6 is 0 Å². The molecule has 0 spiro atoms. The Bertz CT molecular complexity index is 468. The van der Waals surface area contributed by atoms with Crippen LogP contribution in [0, 0.1) is 22.0 Å². The molecule has 1 aliphatic heterocycles. The Hall–Kier alpha value is -0.985. The van der Waals surface area contributed by atoms with E-state index in [0.29, 0.717) is 25.6 Å². The molecule has 0 aromatic heterocycles. The third-order valence-corrected chi connectivity index (χ3v) is 5.64. The van der Waals surface area contributed by atoms with Crippen LogP contribution < -0.4 is 5.73 Å². The Kier molecular flexibility index (Phi) is 4.90. The average Bonchev–Trinajstić information content (AvgIpc) is 2.81. The molecule has 2 fully saturated rings. The highest BCUT2D eigenvalue weighted by molar-refractivity contribution is 6.45. The van der Waals surface area contributed by atoms with E-state index < -0.39 is 5.54 Å². The summed E-state index contributed by atoms with van der Waals surface area (Å²) in [6, 6.07) is 0. The van der Waals surface area contributed by atoms with Crippen LogP contribution in [0.15, 0.2) is 0 Å². The van der Waals surface area contributed by atoms with Gasteiger partial charge in [-0.25, -0.2) is 0 Å². The number of hydrogen-bond donors (Lipinski definition) is 1. The van der Waals surface area contributed by atoms with Crippen LogP contribution in [0.5, 0.6) is 0 Å². The van der Waals surface area contributed by atoms with E-state index in [4.69, 9.17) is 15.0 Å². The van der Waals surface area contributed by atoms with Crippen molar-refractivity contribution in [3.8, 4) is 0 Å². The fraction of sp³-hybridized carbons (Fsp3) is 0.933. The minimum Gasteiger partial charge on any atom is -0.403 e. The van der Waals surface area contributed by atoms with Crippen molar-refractivity contribution in [2.24, 2.45) is 17.6 Å². The first kappa shape index (κ1) is 18.4. The van der Waals surface area contributed by atoms with Gasteiger partial charge in [0, 0.05) is 10.8 Å². The zero-order valence-corrected chi connectivity index (χ0v) is 14.4. The van der Waals surface area contributed by atoms with Crippen molar-refractivity contribution in [2.75, 3.05) is 6.54 Å². The van der Waals surface area contributed by atoms with Crippen LogP contribution in [0.2, 0.25) is 6.32 Å². The van der Waals surface area contributed by atoms with Gasteiger partial charge < -0.3 is 19.8 Å². The molecule has 130 valence electrons. The molecule has 2 aliphatic rings. The van der Waals surface area contributed by atoms with Crippen LogP contribution in [0.25, 0.3) is 0 Å². The van der Waals surface area contributed by atoms with E-state index in [0.717, 1.165) is 6.29 Å². The third kappa shape index (κ3) is 3.92. The fourth-order valence-corrected chi connectivity index (χ4v) is 3.67. The van der Waals surface area contributed by atoms with Crippen LogP contribution in [-0.2, 0) is 14.1 Å². The minimum absolute atomic E-state index is 0.0506. The quantitative estimate of drug-likeness (QED) is 0.344. The largest absolute Gasteiger partial charge is 0.457 e. The van der Waals surface area contributed by atoms with Crippen LogP contribution in [-0.4, -0.2) is 41.6 Å². The van der Waals surface area contributed by atoms with E-state index in [1.807, 2.05) is 27.7 Å². The highest BCUT2D eigenvalue weighted by atomic mass is 16.7. The predicted molar refractivity (Wildman–Crippen MR) is 86.6 cm³/mol. The minimum atomic E-state index is -0.929. The summed E-state index contributed by atoms with van der Waals surface area (Å²) in [6.45, 7) is 7.84. The molecule has 7 nitrogen and oxygen atoms in total. The monoisotopic (exact) mass is 326 g/mol. The second kappa shape index (κ2) is 6.14. The molecule has 2 rings (SSSR count). The predicted octanol–water partition coefficient (Wildman–Crippen LogP) is 1.67. The van der Waals surface area contributed by atoms with E-state index >= 15 is 0 Å². The number of nitrogens with two attached hydrogens (primary N) is 1. The van der Waals surface area contributed by atoms with Crippen molar-refractivity contribution in [3.63, 3.8) is 0 Å². The Morgan fingerprint density at radius 2 is 1.74 bits per heavy atom. The molecule has 1 heterocycles. The van der Waals surface area contributed by atoms with E-state index in [2.05, 4.69) is 0 Å². The molecule has 0 bridgehead atoms. The summed E-state index contributed by atoms with van der Waals surface area (Å²) in [4.78, 5) is 21.7. The zero-order valence-electron chi connectivity index (χ0n) is 14.4. The molecule has 1 aliphatic carbocycles. The first-order valence-corrected chi connectivity index (χ1v) is 8.21. The van der Waals surface area contributed by atoms with Gasteiger partial charge in [0.2, 0.25) is 6.54 Å². The van der Waals surface area contributed by atoms with Crippen LogP contribution in [0.3, 0.4) is 0 Å². The van der Waals surface area contributed by atoms with E-state index in [9.17, 15) is 14.9 Å². The molecule has 8 heteroatoms. The number of nitrogens with zero attached hydrogens (tertiary/aromatic N) is 1. The first-order chi connectivity index (χ1) is 10.5. The summed E-state index contributed by atoms with van der Waals surface area (Å²) >= 11 is 0. The first-order valence-electron chi connectivity index (χ1n) is 8.21. The normalized spacial score (nSPS) is 35.4. The lowest BCUT2D eigenvalue weighted by molar-refractivity contribution is -0.489. The lowest BCUT2D eigenvalue weighted by Crippen LogP contribution is -2.41. The second-order valence-electron chi connectivity index (χ2n) is 8.06. The second-order valence-corrected chi connectivity index (χ2v) is 8.06. The van der Waals surface area contributed by atoms with Crippen molar-refractivity contribution >= 4 is 13.4 Å². The maximum atomic E-state index is 11.2. The SMILES string of the molecule is CC1(C)OB(CC[C@H]2C[C@](N)(C=O)C[C@@H]2C[N+](=O)[O-])OC1(C)C. The topological polar surface area (TPSA) is 105 Å². The molecule has 1 saturated carbocycles. The Morgan fingerprint density at radius 3 is 2.22 bits per heavy atom. The summed E-state index contributed by atoms with van der Waals surface area (Å²) < 4.78 is 11.9. The number of carbonyl (C=O) groups excluding carboxylic acids is 1. The third-order valence-electron chi connectivity index (χ3n) is 5.64. The van der Waals surface area contributed by atoms with E-state index in [1.54, 1.807) is 0 Å². The molecular formula is C15H27BN2O5. The standard InChI is InChI=1S/C15H27BN2O5/c1-13(2)14(3,4)23-16(22-13)6-5-11-7-15(17,10-19)8-12(11)9-18(20)21/h10-12H,5-9,17H2,1-4H3/t11-,12+,15+/m0/s1. The smallest absolute Gasteiger partial charge is 0.403 e. The number of hydrogen-bond acceptors (Lipinski definition) is 6. The molecule has 3 atom stereocenters. The van der Waals surface area contributed by atoms with Gasteiger partial charge in [0.25, 0.3) is 0 Å². The number of nitro groups is 1. The maximum Gasteiger partial charge on any atom is 0.457 e. The zero-order chi connectivity index (χ0) is 17.5. The highest BCUT2D eigenvalue weighted by Crippen LogP contribution is 2.42. The van der Waals surface area contributed by atoms with Crippen LogP contribution in [0.4, 0.5) is 0 Å². The molecule has 0 aromatic carbocycles. The van der Waals surface area contributed by atoms with Gasteiger partial charge in [-0.3, -0.25) is 10.1 Å². The van der Waals surface area contributed by atoms with Crippen molar-refractivity contribution in [1.82, 2.24) is 0 Å². The highest BCUT2D eigenvalue weighted by Gasteiger charge is 2.51. The molecule has 0 amide bonds. The summed E-state index contributed by atoms with van der Waals surface area (Å²) in [7, 11) is -0.319. The van der Waals surface area contributed by atoms with Crippen molar-refractivity contribution < 1.29 is 19.0 Å². The molecule has 23 heavy (non-hydrogen) atoms. The Labute approximate surface area is 137 Å². The van der Waals surface area contributed by atoms with Gasteiger partial charge in [0.1, 0.15) is 6.29 Å². The Balaban J connectivity index is 1.96. The lowest BCUT2D eigenvalue weighted by Gasteiger charge is -2.32. The van der Waals surface area contributed by atoms with Crippen molar-refractivity contribution in [3.05, 3.63) is 10.1 Å².